The molecule has 1 N–H and O–H groups in total. The van der Waals surface area contributed by atoms with Crippen molar-refractivity contribution in [1.29, 1.82) is 0 Å². The molecule has 4 heteroatoms. The summed E-state index contributed by atoms with van der Waals surface area (Å²) in [5.74, 6) is -0.0542. The molecule has 0 aromatic rings. The molecule has 14 heavy (non-hydrogen) atoms. The van der Waals surface area contributed by atoms with Gasteiger partial charge in [-0.1, -0.05) is 0 Å². The maximum Gasteiger partial charge on any atom is 0.245 e. The Balaban J connectivity index is 2.63. The van der Waals surface area contributed by atoms with Gasteiger partial charge >= 0.3 is 0 Å². The second-order valence-electron chi connectivity index (χ2n) is 3.67. The van der Waals surface area contributed by atoms with Gasteiger partial charge in [0.25, 0.3) is 0 Å². The number of nitrogens with zero attached hydrogens (tertiary/aromatic N) is 1. The number of nitrogens with one attached hydrogen (secondary N) is 1. The molecule has 0 aromatic heterocycles. The van der Waals surface area contributed by atoms with Gasteiger partial charge in [-0.15, -0.1) is 0 Å². The minimum Gasteiger partial charge on any atom is -0.345 e. The second-order valence-corrected chi connectivity index (χ2v) is 3.67. The summed E-state index contributed by atoms with van der Waals surface area (Å²) in [6.45, 7) is 4.98. The van der Waals surface area contributed by atoms with Crippen LogP contribution in [0, 0.1) is 0 Å². The first-order valence-electron chi connectivity index (χ1n) is 5.21. The summed E-state index contributed by atoms with van der Waals surface area (Å²) in [6, 6.07) is -0.296. The number of amides is 2. The summed E-state index contributed by atoms with van der Waals surface area (Å²) >= 11 is 0. The molecule has 4 nitrogen and oxygen atoms in total. The zero-order valence-corrected chi connectivity index (χ0v) is 8.88. The molecule has 1 saturated heterocycles. The van der Waals surface area contributed by atoms with Crippen LogP contribution in [0.25, 0.3) is 0 Å². The van der Waals surface area contributed by atoms with Gasteiger partial charge in [0.05, 0.1) is 0 Å². The van der Waals surface area contributed by atoms with Crippen LogP contribution >= 0.6 is 0 Å². The lowest BCUT2D eigenvalue weighted by Gasteiger charge is -2.22. The van der Waals surface area contributed by atoms with Crippen LogP contribution in [0.5, 0.6) is 0 Å². The molecular formula is C10H18N2O2. The lowest BCUT2D eigenvalue weighted by Crippen LogP contribution is -2.46. The lowest BCUT2D eigenvalue weighted by atomic mass is 10.1. The van der Waals surface area contributed by atoms with Gasteiger partial charge in [0.2, 0.25) is 11.8 Å². The quantitative estimate of drug-likeness (QED) is 0.703. The van der Waals surface area contributed by atoms with E-state index in [0.29, 0.717) is 0 Å². The van der Waals surface area contributed by atoms with Crippen molar-refractivity contribution in [1.82, 2.24) is 10.2 Å². The van der Waals surface area contributed by atoms with Gasteiger partial charge in [0, 0.05) is 20.0 Å². The van der Waals surface area contributed by atoms with Crippen LogP contribution in [0.1, 0.15) is 33.1 Å². The van der Waals surface area contributed by atoms with Crippen molar-refractivity contribution in [3.63, 3.8) is 0 Å². The molecule has 0 aromatic carbocycles. The van der Waals surface area contributed by atoms with Crippen molar-refractivity contribution in [2.75, 3.05) is 13.1 Å². The van der Waals surface area contributed by atoms with E-state index < -0.39 is 0 Å². The van der Waals surface area contributed by atoms with Gasteiger partial charge in [-0.25, -0.2) is 0 Å². The Morgan fingerprint density at radius 1 is 1.57 bits per heavy atom. The molecule has 1 unspecified atom stereocenters. The zero-order chi connectivity index (χ0) is 10.6. The third kappa shape index (κ3) is 2.72. The number of likely N-dealkylation sites (tertiary alicyclic amines) is 1. The number of likely N-dealkylation sites (N-methyl/N-ethyl adjacent to an activating group) is 1. The van der Waals surface area contributed by atoms with E-state index in [2.05, 4.69) is 5.32 Å². The fourth-order valence-electron chi connectivity index (χ4n) is 1.80. The first-order chi connectivity index (χ1) is 6.65. The fraction of sp³-hybridized carbons (Fsp3) is 0.800. The first-order valence-corrected chi connectivity index (χ1v) is 5.21. The van der Waals surface area contributed by atoms with E-state index in [-0.39, 0.29) is 17.9 Å². The molecule has 0 aliphatic carbocycles. The SMILES string of the molecule is CCN1CCCCC(NC(C)=O)C1=O. The maximum absolute atomic E-state index is 11.8. The van der Waals surface area contributed by atoms with Crippen molar-refractivity contribution >= 4 is 11.8 Å². The van der Waals surface area contributed by atoms with Crippen LogP contribution in [-0.2, 0) is 9.59 Å². The molecule has 1 rings (SSSR count). The minimum atomic E-state index is -0.296. The third-order valence-corrected chi connectivity index (χ3v) is 2.54. The fourth-order valence-corrected chi connectivity index (χ4v) is 1.80. The predicted octanol–water partition coefficient (Wildman–Crippen LogP) is 0.523. The molecule has 1 aliphatic heterocycles. The standard InChI is InChI=1S/C10H18N2O2/c1-3-12-7-5-4-6-9(10(12)14)11-8(2)13/h9H,3-7H2,1-2H3,(H,11,13). The van der Waals surface area contributed by atoms with Crippen LogP contribution in [0.3, 0.4) is 0 Å². The first kappa shape index (κ1) is 11.0. The topological polar surface area (TPSA) is 49.4 Å². The molecule has 1 fully saturated rings. The third-order valence-electron chi connectivity index (χ3n) is 2.54. The number of hydrogen-bond donors (Lipinski definition) is 1. The van der Waals surface area contributed by atoms with Gasteiger partial charge in [-0.2, -0.15) is 0 Å². The highest BCUT2D eigenvalue weighted by molar-refractivity contribution is 5.87. The van der Waals surface area contributed by atoms with Gasteiger partial charge < -0.3 is 10.2 Å². The molecule has 1 atom stereocenters. The lowest BCUT2D eigenvalue weighted by molar-refractivity contribution is -0.135. The van der Waals surface area contributed by atoms with Crippen molar-refractivity contribution < 1.29 is 9.59 Å². The molecule has 0 bridgehead atoms. The van der Waals surface area contributed by atoms with Gasteiger partial charge in [0.15, 0.2) is 0 Å². The normalized spacial score (nSPS) is 23.1. The summed E-state index contributed by atoms with van der Waals surface area (Å²) in [6.07, 6.45) is 2.82. The Labute approximate surface area is 84.7 Å². The maximum atomic E-state index is 11.8. The predicted molar refractivity (Wildman–Crippen MR) is 53.7 cm³/mol. The highest BCUT2D eigenvalue weighted by atomic mass is 16.2. The molecular weight excluding hydrogens is 180 g/mol. The smallest absolute Gasteiger partial charge is 0.245 e. The van der Waals surface area contributed by atoms with Crippen molar-refractivity contribution in [2.45, 2.75) is 39.2 Å². The van der Waals surface area contributed by atoms with E-state index >= 15 is 0 Å². The summed E-state index contributed by atoms with van der Waals surface area (Å²) in [5, 5.41) is 2.71. The van der Waals surface area contributed by atoms with Gasteiger partial charge in [-0.05, 0) is 26.2 Å². The van der Waals surface area contributed by atoms with Crippen molar-refractivity contribution in [2.24, 2.45) is 0 Å². The van der Waals surface area contributed by atoms with Crippen LogP contribution in [0.4, 0.5) is 0 Å². The summed E-state index contributed by atoms with van der Waals surface area (Å²) in [4.78, 5) is 24.5. The molecule has 80 valence electrons. The Hall–Kier alpha value is -1.06. The Kier molecular flexibility index (Phi) is 3.92. The molecule has 0 saturated carbocycles. The van der Waals surface area contributed by atoms with E-state index in [1.807, 2.05) is 11.8 Å². The molecule has 0 spiro atoms. The average molecular weight is 198 g/mol. The van der Waals surface area contributed by atoms with Crippen LogP contribution in [0.15, 0.2) is 0 Å². The van der Waals surface area contributed by atoms with Gasteiger partial charge in [-0.3, -0.25) is 9.59 Å². The van der Waals surface area contributed by atoms with Crippen molar-refractivity contribution in [3.8, 4) is 0 Å². The highest BCUT2D eigenvalue weighted by Gasteiger charge is 2.26. The van der Waals surface area contributed by atoms with Crippen molar-refractivity contribution in [3.05, 3.63) is 0 Å². The average Bonchev–Trinajstić information content (AvgIpc) is 2.29. The summed E-state index contributed by atoms with van der Waals surface area (Å²) in [5.41, 5.74) is 0. The Bertz CT molecular complexity index is 228. The second kappa shape index (κ2) is 4.98. The largest absolute Gasteiger partial charge is 0.345 e. The molecule has 0 radical (unpaired) electrons. The monoisotopic (exact) mass is 198 g/mol. The van der Waals surface area contributed by atoms with E-state index in [4.69, 9.17) is 0 Å². The summed E-state index contributed by atoms with van der Waals surface area (Å²) < 4.78 is 0. The highest BCUT2D eigenvalue weighted by Crippen LogP contribution is 2.11. The molecule has 1 aliphatic rings. The number of rotatable bonds is 2. The van der Waals surface area contributed by atoms with E-state index in [1.165, 1.54) is 6.92 Å². The van der Waals surface area contributed by atoms with E-state index in [1.54, 1.807) is 0 Å². The number of hydrogen-bond acceptors (Lipinski definition) is 2. The Morgan fingerprint density at radius 3 is 2.86 bits per heavy atom. The van der Waals surface area contributed by atoms with Gasteiger partial charge in [0.1, 0.15) is 6.04 Å². The minimum absolute atomic E-state index is 0.0696. The number of carbonyl (C=O) groups excluding carboxylic acids is 2. The number of carbonyl (C=O) groups is 2. The molecule has 2 amide bonds. The van der Waals surface area contributed by atoms with Crippen LogP contribution in [0.2, 0.25) is 0 Å². The van der Waals surface area contributed by atoms with Crippen LogP contribution < -0.4 is 5.32 Å². The van der Waals surface area contributed by atoms with Crippen LogP contribution in [-0.4, -0.2) is 35.8 Å². The van der Waals surface area contributed by atoms with E-state index in [0.717, 1.165) is 32.4 Å². The zero-order valence-electron chi connectivity index (χ0n) is 8.88. The summed E-state index contributed by atoms with van der Waals surface area (Å²) in [7, 11) is 0. The van der Waals surface area contributed by atoms with E-state index in [9.17, 15) is 9.59 Å². The molecule has 1 heterocycles. The Morgan fingerprint density at radius 2 is 2.29 bits per heavy atom.